The van der Waals surface area contributed by atoms with Crippen LogP contribution < -0.4 is 11.1 Å². The molecule has 0 radical (unpaired) electrons. The normalized spacial score (nSPS) is 28.6. The average molecular weight is 577 g/mol. The van der Waals surface area contributed by atoms with Gasteiger partial charge in [0.05, 0.1) is 12.5 Å². The van der Waals surface area contributed by atoms with Crippen LogP contribution in [0.2, 0.25) is 0 Å². The molecule has 230 valence electrons. The Labute approximate surface area is 242 Å². The third-order valence-electron chi connectivity index (χ3n) is 10.1. The van der Waals surface area contributed by atoms with Gasteiger partial charge in [-0.25, -0.2) is 4.79 Å². The molecule has 2 atom stereocenters. The molecule has 5 aliphatic rings. The molecule has 2 unspecified atom stereocenters. The smallest absolute Gasteiger partial charge is 0.326 e. The molecule has 0 aromatic rings. The largest absolute Gasteiger partial charge is 0.481 e. The molecular weight excluding hydrogens is 528 g/mol. The quantitative estimate of drug-likeness (QED) is 0.242. The summed E-state index contributed by atoms with van der Waals surface area (Å²) in [5, 5.41) is 22.9. The van der Waals surface area contributed by atoms with Crippen molar-refractivity contribution in [2.24, 2.45) is 34.8 Å². The highest BCUT2D eigenvalue weighted by Gasteiger charge is 2.53. The average Bonchev–Trinajstić information content (AvgIpc) is 2.90. The van der Waals surface area contributed by atoms with E-state index in [4.69, 9.17) is 5.73 Å². The van der Waals surface area contributed by atoms with E-state index in [-0.39, 0.29) is 30.7 Å². The van der Waals surface area contributed by atoms with Crippen molar-refractivity contribution < 1.29 is 34.2 Å². The van der Waals surface area contributed by atoms with Crippen molar-refractivity contribution in [2.75, 3.05) is 26.2 Å². The summed E-state index contributed by atoms with van der Waals surface area (Å²) in [4.78, 5) is 66.4. The Hall–Kier alpha value is -2.53. The molecule has 0 aromatic carbocycles. The lowest BCUT2D eigenvalue weighted by molar-refractivity contribution is -0.164. The van der Waals surface area contributed by atoms with Gasteiger partial charge in [0.15, 0.2) is 0 Å². The van der Waals surface area contributed by atoms with Crippen LogP contribution in [-0.2, 0) is 24.0 Å². The van der Waals surface area contributed by atoms with Crippen LogP contribution in [0.5, 0.6) is 0 Å². The molecule has 0 aromatic heterocycles. The number of rotatable bonds is 14. The van der Waals surface area contributed by atoms with E-state index in [1.165, 1.54) is 4.90 Å². The van der Waals surface area contributed by atoms with Gasteiger partial charge in [0.2, 0.25) is 17.7 Å². The number of nitrogens with two attached hydrogens (primary N) is 1. The van der Waals surface area contributed by atoms with Crippen molar-refractivity contribution in [1.29, 1.82) is 0 Å². The van der Waals surface area contributed by atoms with E-state index in [2.05, 4.69) is 5.32 Å². The van der Waals surface area contributed by atoms with Crippen molar-refractivity contribution in [1.82, 2.24) is 15.1 Å². The zero-order chi connectivity index (χ0) is 29.7. The molecule has 11 nitrogen and oxygen atoms in total. The van der Waals surface area contributed by atoms with Gasteiger partial charge in [-0.05, 0) is 120 Å². The van der Waals surface area contributed by atoms with Gasteiger partial charge in [0, 0.05) is 13.0 Å². The van der Waals surface area contributed by atoms with E-state index in [1.54, 1.807) is 6.92 Å². The van der Waals surface area contributed by atoms with Crippen LogP contribution in [0.25, 0.3) is 0 Å². The number of hydrogen-bond donors (Lipinski definition) is 4. The van der Waals surface area contributed by atoms with Crippen LogP contribution in [0, 0.1) is 29.1 Å². The molecule has 1 saturated heterocycles. The number of nitrogens with one attached hydrogen (secondary N) is 1. The Bertz CT molecular complexity index is 960. The molecule has 0 spiro atoms. The zero-order valence-corrected chi connectivity index (χ0v) is 24.4. The van der Waals surface area contributed by atoms with Gasteiger partial charge in [-0.2, -0.15) is 0 Å². The second-order valence-corrected chi connectivity index (χ2v) is 13.3. The summed E-state index contributed by atoms with van der Waals surface area (Å²) >= 11 is 0. The summed E-state index contributed by atoms with van der Waals surface area (Å²) in [6.07, 6.45) is 9.62. The molecule has 41 heavy (non-hydrogen) atoms. The van der Waals surface area contributed by atoms with E-state index in [1.807, 2.05) is 0 Å². The first-order chi connectivity index (χ1) is 19.5. The number of piperidine rings is 1. The van der Waals surface area contributed by atoms with Gasteiger partial charge in [-0.1, -0.05) is 0 Å². The number of aliphatic carboxylic acids is 2. The van der Waals surface area contributed by atoms with Crippen LogP contribution in [0.3, 0.4) is 0 Å². The van der Waals surface area contributed by atoms with Crippen molar-refractivity contribution in [3.05, 3.63) is 0 Å². The highest BCUT2D eigenvalue weighted by atomic mass is 16.4. The minimum atomic E-state index is -1.56. The summed E-state index contributed by atoms with van der Waals surface area (Å²) in [6, 6.07) is -3.02. The Kier molecular flexibility index (Phi) is 10.4. The third kappa shape index (κ3) is 7.85. The summed E-state index contributed by atoms with van der Waals surface area (Å²) < 4.78 is 0. The number of hydrogen-bond acceptors (Lipinski definition) is 7. The molecule has 4 aliphatic carbocycles. The number of amides is 3. The van der Waals surface area contributed by atoms with Crippen LogP contribution in [0.15, 0.2) is 0 Å². The Morgan fingerprint density at radius 3 is 2.05 bits per heavy atom. The predicted molar refractivity (Wildman–Crippen MR) is 150 cm³/mol. The maximum atomic E-state index is 13.7. The van der Waals surface area contributed by atoms with Gasteiger partial charge >= 0.3 is 11.9 Å². The first-order valence-corrected chi connectivity index (χ1v) is 15.5. The highest BCUT2D eigenvalue weighted by molar-refractivity contribution is 6.03. The Morgan fingerprint density at radius 2 is 1.54 bits per heavy atom. The lowest BCUT2D eigenvalue weighted by Gasteiger charge is -2.57. The number of imide groups is 1. The van der Waals surface area contributed by atoms with Crippen molar-refractivity contribution in [3.63, 3.8) is 0 Å². The van der Waals surface area contributed by atoms with Crippen molar-refractivity contribution in [3.8, 4) is 0 Å². The summed E-state index contributed by atoms with van der Waals surface area (Å²) in [7, 11) is 0. The van der Waals surface area contributed by atoms with Gasteiger partial charge in [-0.3, -0.25) is 24.1 Å². The molecule has 1 heterocycles. The fourth-order valence-electron chi connectivity index (χ4n) is 8.63. The molecule has 5 rings (SSSR count). The summed E-state index contributed by atoms with van der Waals surface area (Å²) in [5.41, 5.74) is 5.65. The first-order valence-electron chi connectivity index (χ1n) is 15.5. The topological polar surface area (TPSA) is 170 Å². The van der Waals surface area contributed by atoms with Crippen molar-refractivity contribution in [2.45, 2.75) is 102 Å². The van der Waals surface area contributed by atoms with E-state index in [9.17, 15) is 34.2 Å². The third-order valence-corrected chi connectivity index (χ3v) is 10.1. The van der Waals surface area contributed by atoms with E-state index in [0.717, 1.165) is 70.9 Å². The monoisotopic (exact) mass is 576 g/mol. The molecule has 4 bridgehead atoms. The van der Waals surface area contributed by atoms with Crippen LogP contribution in [0.1, 0.15) is 90.4 Å². The van der Waals surface area contributed by atoms with Gasteiger partial charge in [0.1, 0.15) is 12.6 Å². The van der Waals surface area contributed by atoms with E-state index >= 15 is 0 Å². The SMILES string of the molecule is CCN(CC(=O)N(C(=O)C(N)CC(=O)O)C(CC12CC3CC(CC(C3)C1)C2)C(=O)O)C(=O)CCCC1CCNCC1. The molecule has 5 fully saturated rings. The van der Waals surface area contributed by atoms with Crippen LogP contribution in [-0.4, -0.2) is 87.9 Å². The molecular formula is C30H48N4O7. The lowest BCUT2D eigenvalue weighted by atomic mass is 9.48. The number of likely N-dealkylation sites (N-methyl/N-ethyl adjacent to an activating group) is 1. The van der Waals surface area contributed by atoms with Crippen molar-refractivity contribution >= 4 is 29.7 Å². The Balaban J connectivity index is 1.48. The number of nitrogens with zero attached hydrogens (tertiary/aromatic N) is 2. The lowest BCUT2D eigenvalue weighted by Crippen LogP contribution is -2.59. The van der Waals surface area contributed by atoms with Gasteiger partial charge < -0.3 is 26.2 Å². The second-order valence-electron chi connectivity index (χ2n) is 13.3. The minimum Gasteiger partial charge on any atom is -0.481 e. The zero-order valence-electron chi connectivity index (χ0n) is 24.4. The Morgan fingerprint density at radius 1 is 0.951 bits per heavy atom. The van der Waals surface area contributed by atoms with E-state index in [0.29, 0.717) is 35.0 Å². The molecule has 3 amide bonds. The maximum Gasteiger partial charge on any atom is 0.326 e. The van der Waals surface area contributed by atoms with E-state index < -0.39 is 48.8 Å². The fraction of sp³-hybridized carbons (Fsp3) is 0.833. The number of carboxylic acids is 2. The second kappa shape index (κ2) is 13.6. The highest BCUT2D eigenvalue weighted by Crippen LogP contribution is 2.61. The molecule has 11 heteroatoms. The van der Waals surface area contributed by atoms with Gasteiger partial charge in [-0.15, -0.1) is 0 Å². The number of carbonyl (C=O) groups excluding carboxylic acids is 3. The minimum absolute atomic E-state index is 0.138. The number of carbonyl (C=O) groups is 5. The molecule has 5 N–H and O–H groups in total. The summed E-state index contributed by atoms with van der Waals surface area (Å²) in [5.74, 6) is -2.46. The van der Waals surface area contributed by atoms with Crippen LogP contribution >= 0.6 is 0 Å². The standard InChI is InChI=1S/C30H48N4O7/c1-2-33(25(35)5-3-4-19-6-8-32-9-7-19)18-26(36)34(28(39)23(31)13-27(37)38)24(29(40)41)17-30-14-20-10-21(15-30)12-22(11-20)16-30/h19-24,32H,2-18,31H2,1H3,(H,37,38)(H,40,41). The van der Waals surface area contributed by atoms with Crippen LogP contribution in [0.4, 0.5) is 0 Å². The molecule has 4 saturated carbocycles. The predicted octanol–water partition coefficient (Wildman–Crippen LogP) is 2.22. The number of carboxylic acid groups (broad SMARTS) is 2. The molecule has 1 aliphatic heterocycles. The fourth-order valence-corrected chi connectivity index (χ4v) is 8.63. The van der Waals surface area contributed by atoms with Gasteiger partial charge in [0.25, 0.3) is 0 Å². The summed E-state index contributed by atoms with van der Waals surface area (Å²) in [6.45, 7) is 3.49. The maximum absolute atomic E-state index is 13.7. The first kappa shape index (κ1) is 31.4.